The van der Waals surface area contributed by atoms with Crippen LogP contribution in [0.5, 0.6) is 0 Å². The molecule has 1 atom stereocenters. The molecule has 0 aliphatic carbocycles. The van der Waals surface area contributed by atoms with Gasteiger partial charge < -0.3 is 4.55 Å². The van der Waals surface area contributed by atoms with Crippen LogP contribution < -0.4 is 5.14 Å². The van der Waals surface area contributed by atoms with Gasteiger partial charge >= 0.3 is 0 Å². The maximum absolute atomic E-state index is 10.9. The van der Waals surface area contributed by atoms with E-state index in [0.717, 1.165) is 12.8 Å². The van der Waals surface area contributed by atoms with Crippen molar-refractivity contribution in [2.24, 2.45) is 5.14 Å². The topological polar surface area (TPSA) is 49.1 Å². The molecule has 0 radical (unpaired) electrons. The van der Waals surface area contributed by atoms with Crippen molar-refractivity contribution >= 4 is 11.4 Å². The van der Waals surface area contributed by atoms with Crippen LogP contribution in [0.25, 0.3) is 0 Å². The van der Waals surface area contributed by atoms with Crippen molar-refractivity contribution in [2.75, 3.05) is 0 Å². The van der Waals surface area contributed by atoms with E-state index in [9.17, 15) is 4.55 Å². The first-order chi connectivity index (χ1) is 5.00. The largest absolute Gasteiger partial charge is 0.598 e. The van der Waals surface area contributed by atoms with Gasteiger partial charge in [-0.05, 0) is 26.3 Å². The molecule has 66 valence electrons. The van der Waals surface area contributed by atoms with Crippen LogP contribution in [0.3, 0.4) is 0 Å². The third-order valence-electron chi connectivity index (χ3n) is 1.49. The smallest absolute Gasteiger partial charge is 0.157 e. The van der Waals surface area contributed by atoms with E-state index in [0.29, 0.717) is 0 Å². The molecule has 1 unspecified atom stereocenters. The number of nitrogens with two attached hydrogens (primary N) is 1. The van der Waals surface area contributed by atoms with Crippen molar-refractivity contribution in [3.8, 4) is 0 Å². The number of hydrogen-bond donors (Lipinski definition) is 1. The summed E-state index contributed by atoms with van der Waals surface area (Å²) in [6.45, 7) is 5.85. The average Bonchev–Trinajstić information content (AvgIpc) is 1.88. The molecule has 0 aromatic carbocycles. The third-order valence-corrected chi connectivity index (χ3v) is 2.67. The molecule has 0 fully saturated rings. The van der Waals surface area contributed by atoms with Gasteiger partial charge in [0, 0.05) is 11.4 Å². The first kappa shape index (κ1) is 11.0. The monoisotopic (exact) mass is 175 g/mol. The molecule has 2 N–H and O–H groups in total. The molecule has 0 amide bonds. The zero-order valence-electron chi connectivity index (χ0n) is 7.46. The first-order valence-corrected chi connectivity index (χ1v) is 5.06. The summed E-state index contributed by atoms with van der Waals surface area (Å²) in [5.41, 5.74) is 0. The zero-order chi connectivity index (χ0) is 8.91. The molecule has 0 saturated heterocycles. The number of hydrogen-bond acceptors (Lipinski definition) is 2. The lowest BCUT2D eigenvalue weighted by molar-refractivity contribution is 0.572. The van der Waals surface area contributed by atoms with Crippen LogP contribution in [0.15, 0.2) is 12.2 Å². The van der Waals surface area contributed by atoms with Crippen molar-refractivity contribution in [2.45, 2.75) is 38.4 Å². The van der Waals surface area contributed by atoms with Gasteiger partial charge in [-0.15, -0.1) is 0 Å². The van der Waals surface area contributed by atoms with Gasteiger partial charge in [0.15, 0.2) is 4.75 Å². The molecule has 3 heteroatoms. The summed E-state index contributed by atoms with van der Waals surface area (Å²) in [6, 6.07) is 0. The lowest BCUT2D eigenvalue weighted by Gasteiger charge is -2.19. The number of unbranched alkanes of at least 4 members (excludes halogenated alkanes) is 1. The van der Waals surface area contributed by atoms with Gasteiger partial charge in [-0.1, -0.05) is 19.4 Å². The molecule has 0 spiro atoms. The Labute approximate surface area is 72.2 Å². The standard InChI is InChI=1S/C8H17NOS/c1-4-5-6-7-8(2,3)11(9)10/h6-7H,4-5,9H2,1-3H3. The minimum Gasteiger partial charge on any atom is -0.598 e. The molecule has 11 heavy (non-hydrogen) atoms. The fraction of sp³-hybridized carbons (Fsp3) is 0.750. The van der Waals surface area contributed by atoms with E-state index in [2.05, 4.69) is 6.92 Å². The van der Waals surface area contributed by atoms with Crippen LogP contribution in [-0.2, 0) is 11.4 Å². The van der Waals surface area contributed by atoms with Crippen LogP contribution in [0.1, 0.15) is 33.6 Å². The van der Waals surface area contributed by atoms with E-state index >= 15 is 0 Å². The van der Waals surface area contributed by atoms with E-state index in [4.69, 9.17) is 5.14 Å². The summed E-state index contributed by atoms with van der Waals surface area (Å²) in [4.78, 5) is 0. The Kier molecular flexibility index (Phi) is 4.81. The second-order valence-corrected chi connectivity index (χ2v) is 4.74. The fourth-order valence-corrected chi connectivity index (χ4v) is 0.831. The lowest BCUT2D eigenvalue weighted by Crippen LogP contribution is -2.35. The van der Waals surface area contributed by atoms with E-state index in [1.54, 1.807) is 0 Å². The second kappa shape index (κ2) is 4.80. The van der Waals surface area contributed by atoms with Gasteiger partial charge in [0.05, 0.1) is 0 Å². The van der Waals surface area contributed by atoms with Crippen LogP contribution in [0.4, 0.5) is 0 Å². The van der Waals surface area contributed by atoms with Crippen molar-refractivity contribution in [1.29, 1.82) is 0 Å². The lowest BCUT2D eigenvalue weighted by atomic mass is 10.1. The van der Waals surface area contributed by atoms with Gasteiger partial charge in [-0.25, -0.2) is 0 Å². The predicted octanol–water partition coefficient (Wildman–Crippen LogP) is 1.74. The predicted molar refractivity (Wildman–Crippen MR) is 50.5 cm³/mol. The highest BCUT2D eigenvalue weighted by molar-refractivity contribution is 7.90. The number of allylic oxidation sites excluding steroid dienone is 1. The van der Waals surface area contributed by atoms with Crippen molar-refractivity contribution in [1.82, 2.24) is 0 Å². The molecule has 2 nitrogen and oxygen atoms in total. The van der Waals surface area contributed by atoms with Crippen molar-refractivity contribution < 1.29 is 4.55 Å². The molecule has 0 aliphatic heterocycles. The molecular formula is C8H17NOS. The van der Waals surface area contributed by atoms with Gasteiger partial charge in [0.1, 0.15) is 0 Å². The Morgan fingerprint density at radius 3 is 2.45 bits per heavy atom. The second-order valence-electron chi connectivity index (χ2n) is 3.09. The average molecular weight is 175 g/mol. The Hall–Kier alpha value is 0.01000. The molecule has 0 heterocycles. The van der Waals surface area contributed by atoms with E-state index in [1.807, 2.05) is 26.0 Å². The van der Waals surface area contributed by atoms with Crippen LogP contribution >= 0.6 is 0 Å². The minimum absolute atomic E-state index is 0.380. The molecule has 0 aromatic rings. The Morgan fingerprint density at radius 2 is 2.09 bits per heavy atom. The van der Waals surface area contributed by atoms with Crippen LogP contribution in [-0.4, -0.2) is 9.30 Å². The zero-order valence-corrected chi connectivity index (χ0v) is 8.28. The fourth-order valence-electron chi connectivity index (χ4n) is 0.601. The molecule has 0 rings (SSSR count). The Bertz CT molecular complexity index is 132. The first-order valence-electron chi connectivity index (χ1n) is 3.84. The van der Waals surface area contributed by atoms with Crippen molar-refractivity contribution in [3.63, 3.8) is 0 Å². The van der Waals surface area contributed by atoms with E-state index < -0.39 is 11.4 Å². The van der Waals surface area contributed by atoms with E-state index in [1.165, 1.54) is 0 Å². The maximum Gasteiger partial charge on any atom is 0.157 e. The normalized spacial score (nSPS) is 15.7. The van der Waals surface area contributed by atoms with Crippen molar-refractivity contribution in [3.05, 3.63) is 12.2 Å². The summed E-state index contributed by atoms with van der Waals surface area (Å²) < 4.78 is 10.5. The van der Waals surface area contributed by atoms with Crippen LogP contribution in [0.2, 0.25) is 0 Å². The summed E-state index contributed by atoms with van der Waals surface area (Å²) in [5.74, 6) is 0. The summed E-state index contributed by atoms with van der Waals surface area (Å²) >= 11 is -1.27. The summed E-state index contributed by atoms with van der Waals surface area (Å²) in [7, 11) is 0. The SMILES string of the molecule is CCCC=CC(C)(C)[S+](N)[O-]. The molecular weight excluding hydrogens is 158 g/mol. The Balaban J connectivity index is 3.90. The maximum atomic E-state index is 10.9. The molecule has 0 bridgehead atoms. The highest BCUT2D eigenvalue weighted by Gasteiger charge is 2.25. The minimum atomic E-state index is -1.27. The van der Waals surface area contributed by atoms with Crippen LogP contribution in [0, 0.1) is 0 Å². The highest BCUT2D eigenvalue weighted by atomic mass is 32.2. The third kappa shape index (κ3) is 4.45. The molecule has 0 saturated carbocycles. The highest BCUT2D eigenvalue weighted by Crippen LogP contribution is 2.14. The quantitative estimate of drug-likeness (QED) is 0.522. The van der Waals surface area contributed by atoms with Gasteiger partial charge in [-0.2, -0.15) is 5.14 Å². The molecule has 0 aliphatic rings. The Morgan fingerprint density at radius 1 is 1.55 bits per heavy atom. The summed E-state index contributed by atoms with van der Waals surface area (Å²) in [6.07, 6.45) is 6.10. The number of rotatable bonds is 4. The van der Waals surface area contributed by atoms with Gasteiger partial charge in [0.2, 0.25) is 0 Å². The van der Waals surface area contributed by atoms with E-state index in [-0.39, 0.29) is 4.75 Å². The molecule has 0 aromatic heterocycles. The van der Waals surface area contributed by atoms with Gasteiger partial charge in [0.25, 0.3) is 0 Å². The van der Waals surface area contributed by atoms with Gasteiger partial charge in [-0.3, -0.25) is 0 Å². The summed E-state index contributed by atoms with van der Waals surface area (Å²) in [5, 5.41) is 5.27.